The number of fused-ring (bicyclic) bond motifs is 1. The standard InChI is InChI=1S/C17H14F3NO3/c18-17(19,20)24-13-3-1-2-11(8-13)12-5-4-10-6-7-15(14(10)9-12)21-16(22)23/h1-5,8-9,15,21H,6-7H2,(H,22,23). The number of amides is 1. The number of ether oxygens (including phenoxy) is 1. The second-order valence-corrected chi connectivity index (χ2v) is 5.53. The van der Waals surface area contributed by atoms with Gasteiger partial charge in [-0.3, -0.25) is 0 Å². The highest BCUT2D eigenvalue weighted by molar-refractivity contribution is 5.69. The number of alkyl halides is 3. The van der Waals surface area contributed by atoms with Gasteiger partial charge < -0.3 is 15.2 Å². The lowest BCUT2D eigenvalue weighted by Crippen LogP contribution is -2.24. The third-order valence-corrected chi connectivity index (χ3v) is 3.92. The van der Waals surface area contributed by atoms with Crippen LogP contribution < -0.4 is 10.1 Å². The smallest absolute Gasteiger partial charge is 0.465 e. The van der Waals surface area contributed by atoms with Crippen molar-refractivity contribution in [3.05, 3.63) is 53.6 Å². The van der Waals surface area contributed by atoms with E-state index in [1.54, 1.807) is 6.07 Å². The van der Waals surface area contributed by atoms with Gasteiger partial charge in [-0.2, -0.15) is 0 Å². The maximum Gasteiger partial charge on any atom is 0.573 e. The van der Waals surface area contributed by atoms with E-state index in [1.807, 2.05) is 18.2 Å². The van der Waals surface area contributed by atoms with Crippen molar-refractivity contribution in [3.63, 3.8) is 0 Å². The Balaban J connectivity index is 1.91. The van der Waals surface area contributed by atoms with Gasteiger partial charge in [-0.1, -0.05) is 24.3 Å². The molecular formula is C17H14F3NO3. The van der Waals surface area contributed by atoms with Crippen LogP contribution in [0.3, 0.4) is 0 Å². The molecule has 7 heteroatoms. The lowest BCUT2D eigenvalue weighted by atomic mass is 9.99. The normalized spacial score (nSPS) is 16.5. The van der Waals surface area contributed by atoms with Crippen molar-refractivity contribution in [2.75, 3.05) is 0 Å². The molecular weight excluding hydrogens is 323 g/mol. The van der Waals surface area contributed by atoms with Gasteiger partial charge in [0.1, 0.15) is 5.75 Å². The fraction of sp³-hybridized carbons (Fsp3) is 0.235. The zero-order chi connectivity index (χ0) is 17.3. The SMILES string of the molecule is O=C(O)NC1CCc2ccc(-c3cccc(OC(F)(F)F)c3)cc21. The van der Waals surface area contributed by atoms with Gasteiger partial charge in [0.05, 0.1) is 6.04 Å². The number of carboxylic acid groups (broad SMARTS) is 1. The van der Waals surface area contributed by atoms with Crippen molar-refractivity contribution in [2.24, 2.45) is 0 Å². The lowest BCUT2D eigenvalue weighted by molar-refractivity contribution is -0.274. The Bertz CT molecular complexity index is 774. The number of benzene rings is 2. The van der Waals surface area contributed by atoms with Gasteiger partial charge in [0.2, 0.25) is 0 Å². The minimum absolute atomic E-state index is 0.291. The Kier molecular flexibility index (Phi) is 4.09. The van der Waals surface area contributed by atoms with Crippen LogP contribution in [0.1, 0.15) is 23.6 Å². The average Bonchev–Trinajstić information content (AvgIpc) is 2.87. The summed E-state index contributed by atoms with van der Waals surface area (Å²) in [6, 6.07) is 10.9. The summed E-state index contributed by atoms with van der Waals surface area (Å²) in [4.78, 5) is 10.9. The van der Waals surface area contributed by atoms with Crippen LogP contribution in [-0.4, -0.2) is 17.6 Å². The van der Waals surface area contributed by atoms with Gasteiger partial charge in [-0.25, -0.2) is 4.79 Å². The molecule has 126 valence electrons. The Morgan fingerprint density at radius 2 is 1.92 bits per heavy atom. The molecule has 2 aromatic rings. The van der Waals surface area contributed by atoms with Crippen LogP contribution in [0.25, 0.3) is 11.1 Å². The number of aryl methyl sites for hydroxylation is 1. The summed E-state index contributed by atoms with van der Waals surface area (Å²) in [5.74, 6) is -0.291. The molecule has 2 N–H and O–H groups in total. The Morgan fingerprint density at radius 1 is 1.17 bits per heavy atom. The molecule has 3 rings (SSSR count). The molecule has 0 radical (unpaired) electrons. The largest absolute Gasteiger partial charge is 0.573 e. The number of rotatable bonds is 3. The molecule has 0 aliphatic heterocycles. The van der Waals surface area contributed by atoms with Crippen LogP contribution in [0.5, 0.6) is 5.75 Å². The number of hydrogen-bond donors (Lipinski definition) is 2. The van der Waals surface area contributed by atoms with Gasteiger partial charge in [-0.05, 0) is 53.3 Å². The highest BCUT2D eigenvalue weighted by Gasteiger charge is 2.31. The van der Waals surface area contributed by atoms with Crippen molar-refractivity contribution in [2.45, 2.75) is 25.2 Å². The monoisotopic (exact) mass is 337 g/mol. The third kappa shape index (κ3) is 3.61. The molecule has 0 saturated heterocycles. The van der Waals surface area contributed by atoms with E-state index in [0.29, 0.717) is 17.5 Å². The first kappa shape index (κ1) is 16.2. The predicted octanol–water partition coefficient (Wildman–Crippen LogP) is 4.51. The highest BCUT2D eigenvalue weighted by Crippen LogP contribution is 2.35. The first-order chi connectivity index (χ1) is 11.3. The summed E-state index contributed by atoms with van der Waals surface area (Å²) in [5.41, 5.74) is 3.18. The summed E-state index contributed by atoms with van der Waals surface area (Å²) in [6.07, 6.45) is -4.41. The van der Waals surface area contributed by atoms with Crippen LogP contribution >= 0.6 is 0 Å². The third-order valence-electron chi connectivity index (χ3n) is 3.92. The van der Waals surface area contributed by atoms with E-state index in [1.165, 1.54) is 18.2 Å². The van der Waals surface area contributed by atoms with E-state index in [4.69, 9.17) is 5.11 Å². The van der Waals surface area contributed by atoms with Crippen LogP contribution in [0.2, 0.25) is 0 Å². The molecule has 1 atom stereocenters. The molecule has 4 nitrogen and oxygen atoms in total. The van der Waals surface area contributed by atoms with Crippen molar-refractivity contribution < 1.29 is 27.8 Å². The number of nitrogens with one attached hydrogen (secondary N) is 1. The zero-order valence-corrected chi connectivity index (χ0v) is 12.4. The van der Waals surface area contributed by atoms with Gasteiger partial charge in [-0.15, -0.1) is 13.2 Å². The quantitative estimate of drug-likeness (QED) is 0.866. The summed E-state index contributed by atoms with van der Waals surface area (Å²) >= 11 is 0. The van der Waals surface area contributed by atoms with Gasteiger partial charge in [0.25, 0.3) is 0 Å². The number of hydrogen-bond acceptors (Lipinski definition) is 2. The zero-order valence-electron chi connectivity index (χ0n) is 12.4. The van der Waals surface area contributed by atoms with E-state index in [-0.39, 0.29) is 11.8 Å². The summed E-state index contributed by atoms with van der Waals surface area (Å²) in [7, 11) is 0. The topological polar surface area (TPSA) is 58.6 Å². The molecule has 24 heavy (non-hydrogen) atoms. The summed E-state index contributed by atoms with van der Waals surface area (Å²) < 4.78 is 41.0. The van der Waals surface area contributed by atoms with Gasteiger partial charge in [0.15, 0.2) is 0 Å². The molecule has 1 aliphatic rings. The average molecular weight is 337 g/mol. The van der Waals surface area contributed by atoms with Crippen molar-refractivity contribution in [1.82, 2.24) is 5.32 Å². The Labute approximate surface area is 135 Å². The van der Waals surface area contributed by atoms with E-state index in [0.717, 1.165) is 17.5 Å². The molecule has 1 unspecified atom stereocenters. The maximum absolute atomic E-state index is 12.3. The predicted molar refractivity (Wildman–Crippen MR) is 80.8 cm³/mol. The summed E-state index contributed by atoms with van der Waals surface area (Å²) in [5, 5.41) is 11.4. The molecule has 0 aromatic heterocycles. The van der Waals surface area contributed by atoms with Crippen molar-refractivity contribution in [3.8, 4) is 16.9 Å². The number of carbonyl (C=O) groups is 1. The van der Waals surface area contributed by atoms with E-state index in [2.05, 4.69) is 10.1 Å². The van der Waals surface area contributed by atoms with Crippen molar-refractivity contribution >= 4 is 6.09 Å². The lowest BCUT2D eigenvalue weighted by Gasteiger charge is -2.14. The van der Waals surface area contributed by atoms with Crippen molar-refractivity contribution in [1.29, 1.82) is 0 Å². The van der Waals surface area contributed by atoms with E-state index < -0.39 is 12.5 Å². The fourth-order valence-corrected chi connectivity index (χ4v) is 2.95. The fourth-order valence-electron chi connectivity index (χ4n) is 2.95. The second-order valence-electron chi connectivity index (χ2n) is 5.53. The molecule has 0 heterocycles. The molecule has 2 aromatic carbocycles. The minimum Gasteiger partial charge on any atom is -0.465 e. The summed E-state index contributed by atoms with van der Waals surface area (Å²) in [6.45, 7) is 0. The molecule has 1 amide bonds. The highest BCUT2D eigenvalue weighted by atomic mass is 19.4. The molecule has 0 spiro atoms. The number of halogens is 3. The van der Waals surface area contributed by atoms with E-state index >= 15 is 0 Å². The first-order valence-corrected chi connectivity index (χ1v) is 7.30. The second kappa shape index (κ2) is 6.07. The first-order valence-electron chi connectivity index (χ1n) is 7.30. The maximum atomic E-state index is 12.3. The minimum atomic E-state index is -4.74. The van der Waals surface area contributed by atoms with Crippen LogP contribution in [0.15, 0.2) is 42.5 Å². The molecule has 0 saturated carbocycles. The van der Waals surface area contributed by atoms with Gasteiger partial charge in [0, 0.05) is 0 Å². The van der Waals surface area contributed by atoms with Crippen LogP contribution in [-0.2, 0) is 6.42 Å². The van der Waals surface area contributed by atoms with Crippen LogP contribution in [0, 0.1) is 0 Å². The van der Waals surface area contributed by atoms with Crippen LogP contribution in [0.4, 0.5) is 18.0 Å². The Morgan fingerprint density at radius 3 is 2.62 bits per heavy atom. The Hall–Kier alpha value is -2.70. The molecule has 1 aliphatic carbocycles. The molecule has 0 bridgehead atoms. The van der Waals surface area contributed by atoms with Gasteiger partial charge >= 0.3 is 12.5 Å². The molecule has 0 fully saturated rings. The van der Waals surface area contributed by atoms with E-state index in [9.17, 15) is 18.0 Å².